The lowest BCUT2D eigenvalue weighted by Crippen LogP contribution is -2.38. The van der Waals surface area contributed by atoms with Gasteiger partial charge >= 0.3 is 6.03 Å². The molecule has 0 aliphatic rings. The molecule has 7 heteroatoms. The van der Waals surface area contributed by atoms with Crippen molar-refractivity contribution < 1.29 is 9.72 Å². The zero-order valence-corrected chi connectivity index (χ0v) is 13.7. The summed E-state index contributed by atoms with van der Waals surface area (Å²) in [5.41, 5.74) is 1.72. The summed E-state index contributed by atoms with van der Waals surface area (Å²) in [5.74, 6) is 0. The Bertz CT molecular complexity index is 706. The van der Waals surface area contributed by atoms with Crippen LogP contribution in [0.2, 0.25) is 0 Å². The molecule has 0 aliphatic heterocycles. The molecule has 1 atom stereocenters. The minimum absolute atomic E-state index is 0.0188. The summed E-state index contributed by atoms with van der Waals surface area (Å²) in [4.78, 5) is 28.4. The predicted molar refractivity (Wildman–Crippen MR) is 90.4 cm³/mol. The van der Waals surface area contributed by atoms with Crippen LogP contribution < -0.4 is 5.32 Å². The minimum Gasteiger partial charge on any atom is -0.331 e. The first-order chi connectivity index (χ1) is 11.5. The lowest BCUT2D eigenvalue weighted by molar-refractivity contribution is -0.384. The highest BCUT2D eigenvalue weighted by Crippen LogP contribution is 2.21. The van der Waals surface area contributed by atoms with Gasteiger partial charge in [0.15, 0.2) is 0 Å². The molecule has 1 N–H and O–H groups in total. The highest BCUT2D eigenvalue weighted by atomic mass is 16.6. The van der Waals surface area contributed by atoms with E-state index in [-0.39, 0.29) is 17.8 Å². The molecule has 0 spiro atoms. The fourth-order valence-corrected chi connectivity index (χ4v) is 2.37. The van der Waals surface area contributed by atoms with Crippen LogP contribution >= 0.6 is 0 Å². The van der Waals surface area contributed by atoms with E-state index in [0.717, 1.165) is 11.1 Å². The molecule has 0 fully saturated rings. The Hall–Kier alpha value is -2.96. The highest BCUT2D eigenvalue weighted by molar-refractivity contribution is 5.74. The summed E-state index contributed by atoms with van der Waals surface area (Å²) < 4.78 is 0. The number of amides is 2. The number of pyridine rings is 1. The molecule has 0 unspecified atom stereocenters. The van der Waals surface area contributed by atoms with Crippen molar-refractivity contribution in [1.29, 1.82) is 0 Å². The predicted octanol–water partition coefficient (Wildman–Crippen LogP) is 3.28. The van der Waals surface area contributed by atoms with Gasteiger partial charge in [0.1, 0.15) is 0 Å². The number of carbonyl (C=O) groups is 1. The topological polar surface area (TPSA) is 88.4 Å². The maximum absolute atomic E-state index is 12.4. The standard InChI is InChI=1S/C17H20N4O3/c1-3-16(14-5-4-6-15(11-14)21(23)24)19-17(22)20(2)12-13-7-9-18-10-8-13/h4-11,16H,3,12H2,1-2H3,(H,19,22)/t16-/m0/s1. The van der Waals surface area contributed by atoms with Crippen molar-refractivity contribution in [2.75, 3.05) is 7.05 Å². The monoisotopic (exact) mass is 328 g/mol. The molecule has 0 aliphatic carbocycles. The van der Waals surface area contributed by atoms with Gasteiger partial charge in [-0.15, -0.1) is 0 Å². The number of nitro benzene ring substituents is 1. The van der Waals surface area contributed by atoms with E-state index < -0.39 is 4.92 Å². The number of hydrogen-bond donors (Lipinski definition) is 1. The van der Waals surface area contributed by atoms with Gasteiger partial charge in [-0.1, -0.05) is 19.1 Å². The number of non-ortho nitro benzene ring substituents is 1. The van der Waals surface area contributed by atoms with Crippen molar-refractivity contribution in [2.45, 2.75) is 25.9 Å². The Morgan fingerprint density at radius 2 is 2.04 bits per heavy atom. The molecule has 24 heavy (non-hydrogen) atoms. The Morgan fingerprint density at radius 3 is 2.67 bits per heavy atom. The van der Waals surface area contributed by atoms with E-state index in [2.05, 4.69) is 10.3 Å². The summed E-state index contributed by atoms with van der Waals surface area (Å²) in [7, 11) is 1.70. The Balaban J connectivity index is 2.05. The number of nitrogens with zero attached hydrogens (tertiary/aromatic N) is 3. The van der Waals surface area contributed by atoms with E-state index in [4.69, 9.17) is 0 Å². The smallest absolute Gasteiger partial charge is 0.317 e. The van der Waals surface area contributed by atoms with Crippen LogP contribution in [0.3, 0.4) is 0 Å². The van der Waals surface area contributed by atoms with E-state index in [0.29, 0.717) is 13.0 Å². The van der Waals surface area contributed by atoms with Gasteiger partial charge in [0.05, 0.1) is 11.0 Å². The molecule has 0 saturated heterocycles. The molecule has 2 aromatic rings. The molecule has 1 heterocycles. The molecule has 7 nitrogen and oxygen atoms in total. The molecule has 2 rings (SSSR count). The molecular weight excluding hydrogens is 308 g/mol. The number of aromatic nitrogens is 1. The van der Waals surface area contributed by atoms with Gasteiger partial charge in [-0.2, -0.15) is 0 Å². The molecule has 1 aromatic carbocycles. The van der Waals surface area contributed by atoms with Gasteiger partial charge in [-0.25, -0.2) is 4.79 Å². The summed E-state index contributed by atoms with van der Waals surface area (Å²) >= 11 is 0. The van der Waals surface area contributed by atoms with E-state index in [1.165, 1.54) is 12.1 Å². The number of nitrogens with one attached hydrogen (secondary N) is 1. The van der Waals surface area contributed by atoms with Crippen LogP contribution in [-0.2, 0) is 6.54 Å². The Kier molecular flexibility index (Phi) is 5.83. The maximum Gasteiger partial charge on any atom is 0.317 e. The molecule has 2 amide bonds. The lowest BCUT2D eigenvalue weighted by atomic mass is 10.0. The first-order valence-corrected chi connectivity index (χ1v) is 7.66. The SMILES string of the molecule is CC[C@H](NC(=O)N(C)Cc1ccncc1)c1cccc([N+](=O)[O-])c1. The zero-order chi connectivity index (χ0) is 17.5. The maximum atomic E-state index is 12.4. The van der Waals surface area contributed by atoms with Crippen LogP contribution in [0, 0.1) is 10.1 Å². The zero-order valence-electron chi connectivity index (χ0n) is 13.7. The van der Waals surface area contributed by atoms with Gasteiger partial charge in [0.2, 0.25) is 0 Å². The number of rotatable bonds is 6. The van der Waals surface area contributed by atoms with Gasteiger partial charge in [-0.05, 0) is 29.7 Å². The Labute approximate surface area is 140 Å². The van der Waals surface area contributed by atoms with Crippen LogP contribution in [-0.4, -0.2) is 27.9 Å². The van der Waals surface area contributed by atoms with Crippen molar-refractivity contribution in [2.24, 2.45) is 0 Å². The number of hydrogen-bond acceptors (Lipinski definition) is 4. The second-order valence-electron chi connectivity index (χ2n) is 5.47. The number of benzene rings is 1. The normalized spacial score (nSPS) is 11.6. The van der Waals surface area contributed by atoms with E-state index >= 15 is 0 Å². The van der Waals surface area contributed by atoms with Crippen molar-refractivity contribution >= 4 is 11.7 Å². The summed E-state index contributed by atoms with van der Waals surface area (Å²) in [5, 5.41) is 13.8. The lowest BCUT2D eigenvalue weighted by Gasteiger charge is -2.23. The van der Waals surface area contributed by atoms with Gasteiger partial charge in [0, 0.05) is 38.1 Å². The summed E-state index contributed by atoms with van der Waals surface area (Å²) in [6.07, 6.45) is 3.99. The summed E-state index contributed by atoms with van der Waals surface area (Å²) in [6.45, 7) is 2.38. The fourth-order valence-electron chi connectivity index (χ4n) is 2.37. The van der Waals surface area contributed by atoms with Gasteiger partial charge < -0.3 is 10.2 Å². The molecular formula is C17H20N4O3. The van der Waals surface area contributed by atoms with Crippen molar-refractivity contribution in [3.63, 3.8) is 0 Å². The molecule has 0 saturated carbocycles. The highest BCUT2D eigenvalue weighted by Gasteiger charge is 2.18. The van der Waals surface area contributed by atoms with Crippen LogP contribution in [0.15, 0.2) is 48.8 Å². The second kappa shape index (κ2) is 8.05. The van der Waals surface area contributed by atoms with Crippen molar-refractivity contribution in [1.82, 2.24) is 15.2 Å². The second-order valence-corrected chi connectivity index (χ2v) is 5.47. The van der Waals surface area contributed by atoms with Crippen LogP contribution in [0.4, 0.5) is 10.5 Å². The van der Waals surface area contributed by atoms with E-state index in [9.17, 15) is 14.9 Å². The van der Waals surface area contributed by atoms with Crippen molar-refractivity contribution in [3.8, 4) is 0 Å². The van der Waals surface area contributed by atoms with Crippen LogP contribution in [0.1, 0.15) is 30.5 Å². The average molecular weight is 328 g/mol. The number of nitro groups is 1. The number of carbonyl (C=O) groups excluding carboxylic acids is 1. The third-order valence-electron chi connectivity index (χ3n) is 3.71. The molecule has 1 aromatic heterocycles. The largest absolute Gasteiger partial charge is 0.331 e. The average Bonchev–Trinajstić information content (AvgIpc) is 2.60. The van der Waals surface area contributed by atoms with Crippen molar-refractivity contribution in [3.05, 3.63) is 70.0 Å². The third kappa shape index (κ3) is 4.52. The molecule has 0 bridgehead atoms. The minimum atomic E-state index is -0.437. The van der Waals surface area contributed by atoms with Gasteiger partial charge in [0.25, 0.3) is 5.69 Å². The van der Waals surface area contributed by atoms with Crippen LogP contribution in [0.5, 0.6) is 0 Å². The third-order valence-corrected chi connectivity index (χ3v) is 3.71. The molecule has 0 radical (unpaired) electrons. The molecule has 126 valence electrons. The quantitative estimate of drug-likeness (QED) is 0.651. The number of urea groups is 1. The van der Waals surface area contributed by atoms with E-state index in [1.807, 2.05) is 19.1 Å². The first-order valence-electron chi connectivity index (χ1n) is 7.66. The van der Waals surface area contributed by atoms with Crippen LogP contribution in [0.25, 0.3) is 0 Å². The summed E-state index contributed by atoms with van der Waals surface area (Å²) in [6, 6.07) is 9.53. The van der Waals surface area contributed by atoms with E-state index in [1.54, 1.807) is 36.5 Å². The Morgan fingerprint density at radius 1 is 1.33 bits per heavy atom. The first kappa shape index (κ1) is 17.4. The fraction of sp³-hybridized carbons (Fsp3) is 0.294. The van der Waals surface area contributed by atoms with Gasteiger partial charge in [-0.3, -0.25) is 15.1 Å².